The van der Waals surface area contributed by atoms with Crippen LogP contribution in [0.25, 0.3) is 0 Å². The van der Waals surface area contributed by atoms with Crippen LogP contribution in [0.1, 0.15) is 25.6 Å². The molecular formula is C11H20N4O. The van der Waals surface area contributed by atoms with Gasteiger partial charge in [0.1, 0.15) is 5.82 Å². The van der Waals surface area contributed by atoms with Crippen molar-refractivity contribution in [3.05, 3.63) is 18.2 Å². The molecule has 0 fully saturated rings. The molecular weight excluding hydrogens is 204 g/mol. The lowest BCUT2D eigenvalue weighted by Gasteiger charge is -2.10. The van der Waals surface area contributed by atoms with E-state index in [1.807, 2.05) is 24.7 Å². The number of imidazole rings is 1. The van der Waals surface area contributed by atoms with Crippen LogP contribution >= 0.6 is 0 Å². The van der Waals surface area contributed by atoms with Crippen molar-refractivity contribution in [1.82, 2.24) is 14.9 Å². The van der Waals surface area contributed by atoms with E-state index in [-0.39, 0.29) is 11.9 Å². The van der Waals surface area contributed by atoms with E-state index < -0.39 is 0 Å². The molecule has 1 aromatic heterocycles. The average molecular weight is 224 g/mol. The number of hydrogen-bond acceptors (Lipinski definition) is 3. The second kappa shape index (κ2) is 6.27. The average Bonchev–Trinajstić information content (AvgIpc) is 2.65. The predicted molar refractivity (Wildman–Crippen MR) is 62.8 cm³/mol. The third-order valence-electron chi connectivity index (χ3n) is 2.51. The van der Waals surface area contributed by atoms with Gasteiger partial charge in [-0.3, -0.25) is 4.79 Å². The molecule has 0 radical (unpaired) electrons. The quantitative estimate of drug-likeness (QED) is 0.725. The summed E-state index contributed by atoms with van der Waals surface area (Å²) >= 11 is 0. The lowest BCUT2D eigenvalue weighted by atomic mass is 10.1. The van der Waals surface area contributed by atoms with Gasteiger partial charge < -0.3 is 15.6 Å². The molecule has 1 aromatic rings. The van der Waals surface area contributed by atoms with Gasteiger partial charge in [-0.1, -0.05) is 13.3 Å². The van der Waals surface area contributed by atoms with Gasteiger partial charge >= 0.3 is 0 Å². The fourth-order valence-corrected chi connectivity index (χ4v) is 1.51. The molecule has 0 unspecified atom stereocenters. The van der Waals surface area contributed by atoms with Crippen molar-refractivity contribution < 1.29 is 4.79 Å². The standard InChI is InChI=1S/C11H20N4O/c1-3-4-9(12)11(16)14-6-5-10-13-7-8-15(10)2/h7-9H,3-6,12H2,1-2H3,(H,14,16)/t9-/m0/s1. The highest BCUT2D eigenvalue weighted by Crippen LogP contribution is 1.95. The normalized spacial score (nSPS) is 12.4. The maximum atomic E-state index is 11.5. The van der Waals surface area contributed by atoms with Gasteiger partial charge in [0, 0.05) is 32.4 Å². The minimum absolute atomic E-state index is 0.0731. The minimum Gasteiger partial charge on any atom is -0.354 e. The molecule has 0 spiro atoms. The smallest absolute Gasteiger partial charge is 0.236 e. The second-order valence-electron chi connectivity index (χ2n) is 3.89. The first-order valence-electron chi connectivity index (χ1n) is 5.64. The molecule has 1 heterocycles. The number of hydrogen-bond donors (Lipinski definition) is 2. The Morgan fingerprint density at radius 1 is 1.69 bits per heavy atom. The van der Waals surface area contributed by atoms with Crippen molar-refractivity contribution >= 4 is 5.91 Å². The van der Waals surface area contributed by atoms with Crippen molar-refractivity contribution in [2.24, 2.45) is 12.8 Å². The van der Waals surface area contributed by atoms with E-state index in [9.17, 15) is 4.79 Å². The summed E-state index contributed by atoms with van der Waals surface area (Å²) in [6.45, 7) is 2.60. The number of amides is 1. The van der Waals surface area contributed by atoms with Gasteiger partial charge in [-0.25, -0.2) is 4.98 Å². The van der Waals surface area contributed by atoms with Crippen LogP contribution in [0, 0.1) is 0 Å². The molecule has 0 aromatic carbocycles. The van der Waals surface area contributed by atoms with Crippen molar-refractivity contribution in [2.75, 3.05) is 6.54 Å². The van der Waals surface area contributed by atoms with Crippen LogP contribution in [0.4, 0.5) is 0 Å². The fraction of sp³-hybridized carbons (Fsp3) is 0.636. The van der Waals surface area contributed by atoms with E-state index in [0.29, 0.717) is 6.54 Å². The maximum Gasteiger partial charge on any atom is 0.236 e. The van der Waals surface area contributed by atoms with Crippen molar-refractivity contribution in [3.8, 4) is 0 Å². The SMILES string of the molecule is CCC[C@H](N)C(=O)NCCc1nccn1C. The lowest BCUT2D eigenvalue weighted by molar-refractivity contribution is -0.122. The largest absolute Gasteiger partial charge is 0.354 e. The van der Waals surface area contributed by atoms with Crippen LogP contribution in [0.2, 0.25) is 0 Å². The maximum absolute atomic E-state index is 11.5. The topological polar surface area (TPSA) is 72.9 Å². The zero-order chi connectivity index (χ0) is 12.0. The van der Waals surface area contributed by atoms with Crippen molar-refractivity contribution in [2.45, 2.75) is 32.2 Å². The van der Waals surface area contributed by atoms with Crippen LogP contribution < -0.4 is 11.1 Å². The molecule has 0 saturated heterocycles. The van der Waals surface area contributed by atoms with E-state index >= 15 is 0 Å². The Labute approximate surface area is 96.0 Å². The molecule has 0 aliphatic heterocycles. The summed E-state index contributed by atoms with van der Waals surface area (Å²) in [4.78, 5) is 15.7. The molecule has 0 aliphatic rings. The first-order valence-corrected chi connectivity index (χ1v) is 5.64. The number of rotatable bonds is 6. The van der Waals surface area contributed by atoms with Gasteiger partial charge in [0.15, 0.2) is 0 Å². The zero-order valence-electron chi connectivity index (χ0n) is 9.94. The minimum atomic E-state index is -0.383. The highest BCUT2D eigenvalue weighted by Gasteiger charge is 2.11. The summed E-state index contributed by atoms with van der Waals surface area (Å²) in [5, 5.41) is 2.82. The van der Waals surface area contributed by atoms with E-state index in [0.717, 1.165) is 25.1 Å². The Morgan fingerprint density at radius 3 is 3.00 bits per heavy atom. The predicted octanol–water partition coefficient (Wildman–Crippen LogP) is 0.206. The summed E-state index contributed by atoms with van der Waals surface area (Å²) in [6, 6.07) is -0.383. The van der Waals surface area contributed by atoms with Crippen LogP contribution in [0.15, 0.2) is 12.4 Å². The van der Waals surface area contributed by atoms with Gasteiger partial charge in [0.25, 0.3) is 0 Å². The first kappa shape index (κ1) is 12.7. The molecule has 5 heteroatoms. The third kappa shape index (κ3) is 3.66. The Balaban J connectivity index is 2.25. The monoisotopic (exact) mass is 224 g/mol. The Kier molecular flexibility index (Phi) is 4.98. The Morgan fingerprint density at radius 2 is 2.44 bits per heavy atom. The highest BCUT2D eigenvalue weighted by molar-refractivity contribution is 5.81. The number of nitrogens with two attached hydrogens (primary N) is 1. The van der Waals surface area contributed by atoms with Crippen LogP contribution in [0.3, 0.4) is 0 Å². The van der Waals surface area contributed by atoms with Gasteiger partial charge in [0.2, 0.25) is 5.91 Å². The molecule has 0 aliphatic carbocycles. The number of carbonyl (C=O) groups excluding carboxylic acids is 1. The number of nitrogens with one attached hydrogen (secondary N) is 1. The van der Waals surface area contributed by atoms with Crippen LogP contribution in [-0.2, 0) is 18.3 Å². The summed E-state index contributed by atoms with van der Waals surface area (Å²) in [6.07, 6.45) is 6.02. The molecule has 0 bridgehead atoms. The molecule has 5 nitrogen and oxygen atoms in total. The fourth-order valence-electron chi connectivity index (χ4n) is 1.51. The summed E-state index contributed by atoms with van der Waals surface area (Å²) in [7, 11) is 1.94. The summed E-state index contributed by atoms with van der Waals surface area (Å²) < 4.78 is 1.94. The van der Waals surface area contributed by atoms with Gasteiger partial charge in [-0.2, -0.15) is 0 Å². The Hall–Kier alpha value is -1.36. The lowest BCUT2D eigenvalue weighted by Crippen LogP contribution is -2.41. The van der Waals surface area contributed by atoms with E-state index in [1.165, 1.54) is 0 Å². The van der Waals surface area contributed by atoms with Gasteiger partial charge in [-0.05, 0) is 6.42 Å². The molecule has 90 valence electrons. The summed E-state index contributed by atoms with van der Waals surface area (Å²) in [5.41, 5.74) is 5.68. The van der Waals surface area contributed by atoms with Crippen molar-refractivity contribution in [1.29, 1.82) is 0 Å². The number of aryl methyl sites for hydroxylation is 1. The number of aromatic nitrogens is 2. The van der Waals surface area contributed by atoms with E-state index in [4.69, 9.17) is 5.73 Å². The van der Waals surface area contributed by atoms with Gasteiger partial charge in [0.05, 0.1) is 6.04 Å². The Bertz CT molecular complexity index is 334. The van der Waals surface area contributed by atoms with Crippen LogP contribution in [0.5, 0.6) is 0 Å². The number of carbonyl (C=O) groups is 1. The second-order valence-corrected chi connectivity index (χ2v) is 3.89. The molecule has 16 heavy (non-hydrogen) atoms. The van der Waals surface area contributed by atoms with Crippen LogP contribution in [-0.4, -0.2) is 28.0 Å². The molecule has 3 N–H and O–H groups in total. The van der Waals surface area contributed by atoms with Crippen molar-refractivity contribution in [3.63, 3.8) is 0 Å². The molecule has 1 rings (SSSR count). The highest BCUT2D eigenvalue weighted by atomic mass is 16.2. The van der Waals surface area contributed by atoms with E-state index in [1.54, 1.807) is 6.20 Å². The third-order valence-corrected chi connectivity index (χ3v) is 2.51. The molecule has 1 atom stereocenters. The van der Waals surface area contributed by atoms with E-state index in [2.05, 4.69) is 10.3 Å². The molecule has 1 amide bonds. The van der Waals surface area contributed by atoms with Gasteiger partial charge in [-0.15, -0.1) is 0 Å². The molecule has 0 saturated carbocycles. The summed E-state index contributed by atoms with van der Waals surface area (Å²) in [5.74, 6) is 0.889. The zero-order valence-corrected chi connectivity index (χ0v) is 9.94. The first-order chi connectivity index (χ1) is 7.65. The number of nitrogens with zero attached hydrogens (tertiary/aromatic N) is 2.